The number of carbonyl (C=O) groups is 4. The Balaban J connectivity index is 1.72. The van der Waals surface area contributed by atoms with E-state index in [0.717, 1.165) is 6.92 Å². The van der Waals surface area contributed by atoms with E-state index in [1.807, 2.05) is 0 Å². The minimum absolute atomic E-state index is 0.0357. The highest BCUT2D eigenvalue weighted by molar-refractivity contribution is 6.31. The normalized spacial score (nSPS) is 26.4. The fourth-order valence-corrected chi connectivity index (χ4v) is 6.03. The molecule has 0 radical (unpaired) electrons. The molecule has 1 heterocycles. The Hall–Kier alpha value is -4.05. The van der Waals surface area contributed by atoms with Crippen molar-refractivity contribution in [1.82, 2.24) is 5.06 Å². The van der Waals surface area contributed by atoms with Crippen LogP contribution < -0.4 is 4.74 Å². The highest BCUT2D eigenvalue weighted by Crippen LogP contribution is 2.52. The maximum Gasteiger partial charge on any atom is 0.473 e. The van der Waals surface area contributed by atoms with Gasteiger partial charge in [-0.3, -0.25) is 24.0 Å². The fraction of sp³-hybridized carbons (Fsp3) is 0.448. The molecule has 0 aromatic heterocycles. The van der Waals surface area contributed by atoms with Crippen LogP contribution in [-0.4, -0.2) is 92.5 Å². The number of fused-ring (bicyclic) bond motifs is 3. The lowest BCUT2D eigenvalue weighted by Crippen LogP contribution is -2.57. The van der Waals surface area contributed by atoms with E-state index in [0.29, 0.717) is 0 Å². The van der Waals surface area contributed by atoms with Crippen LogP contribution in [0.3, 0.4) is 0 Å². The molecule has 3 aliphatic rings. The first-order valence-corrected chi connectivity index (χ1v) is 13.5. The van der Waals surface area contributed by atoms with E-state index < -0.39 is 106 Å². The van der Waals surface area contributed by atoms with E-state index in [2.05, 4.69) is 0 Å². The molecular formula is C29H28F3NO11. The zero-order chi connectivity index (χ0) is 32.5. The second-order valence-electron chi connectivity index (χ2n) is 11.0. The largest absolute Gasteiger partial charge is 0.507 e. The maximum absolute atomic E-state index is 13.8. The zero-order valence-electron chi connectivity index (χ0n) is 23.6. The van der Waals surface area contributed by atoms with Gasteiger partial charge in [0.1, 0.15) is 35.1 Å². The number of amides is 1. The van der Waals surface area contributed by atoms with Crippen LogP contribution in [0.15, 0.2) is 18.2 Å². The Morgan fingerprint density at radius 2 is 1.75 bits per heavy atom. The van der Waals surface area contributed by atoms with Crippen LogP contribution >= 0.6 is 0 Å². The number of benzene rings is 2. The van der Waals surface area contributed by atoms with Crippen molar-refractivity contribution in [1.29, 1.82) is 0 Å². The predicted octanol–water partition coefficient (Wildman–Crippen LogP) is 2.05. The molecule has 4 N–H and O–H groups in total. The Kier molecular flexibility index (Phi) is 7.73. The van der Waals surface area contributed by atoms with Crippen LogP contribution in [0.1, 0.15) is 75.8 Å². The van der Waals surface area contributed by atoms with Gasteiger partial charge in [0.2, 0.25) is 5.78 Å². The van der Waals surface area contributed by atoms with Gasteiger partial charge < -0.3 is 29.9 Å². The van der Waals surface area contributed by atoms with Crippen LogP contribution in [-0.2, 0) is 25.6 Å². The third kappa shape index (κ3) is 4.80. The number of nitrogens with zero attached hydrogens (tertiary/aromatic N) is 1. The average molecular weight is 624 g/mol. The monoisotopic (exact) mass is 623 g/mol. The Morgan fingerprint density at radius 1 is 1.09 bits per heavy atom. The van der Waals surface area contributed by atoms with Gasteiger partial charge in [-0.05, 0) is 26.3 Å². The van der Waals surface area contributed by atoms with E-state index in [1.165, 1.54) is 32.2 Å². The molecular weight excluding hydrogens is 595 g/mol. The Labute approximate surface area is 247 Å². The molecule has 0 spiro atoms. The Morgan fingerprint density at radius 3 is 2.36 bits per heavy atom. The van der Waals surface area contributed by atoms with Crippen LogP contribution in [0, 0.1) is 0 Å². The number of ketones is 3. The number of aliphatic hydroxyl groups is 2. The van der Waals surface area contributed by atoms with Gasteiger partial charge in [-0.2, -0.15) is 13.2 Å². The fourth-order valence-electron chi connectivity index (χ4n) is 6.03. The van der Waals surface area contributed by atoms with E-state index in [4.69, 9.17) is 14.3 Å². The number of phenolic OH excluding ortho intramolecular Hbond substituents is 2. The third-order valence-electron chi connectivity index (χ3n) is 8.39. The summed E-state index contributed by atoms with van der Waals surface area (Å²) in [6, 6.07) is 2.45. The summed E-state index contributed by atoms with van der Waals surface area (Å²) < 4.78 is 51.9. The van der Waals surface area contributed by atoms with Crippen LogP contribution in [0.5, 0.6) is 17.2 Å². The summed E-state index contributed by atoms with van der Waals surface area (Å²) in [6.45, 7) is 2.17. The van der Waals surface area contributed by atoms with Crippen LogP contribution in [0.25, 0.3) is 0 Å². The van der Waals surface area contributed by atoms with Crippen molar-refractivity contribution in [3.05, 3.63) is 51.6 Å². The van der Waals surface area contributed by atoms with Gasteiger partial charge in [0.25, 0.3) is 0 Å². The average Bonchev–Trinajstić information content (AvgIpc) is 2.96. The summed E-state index contributed by atoms with van der Waals surface area (Å²) in [5, 5.41) is 44.6. The smallest absolute Gasteiger partial charge is 0.473 e. The number of aromatic hydroxyl groups is 2. The number of hydrogen-bond acceptors (Lipinski definition) is 11. The number of rotatable bonds is 5. The highest BCUT2D eigenvalue weighted by Gasteiger charge is 2.53. The maximum atomic E-state index is 13.8. The quantitative estimate of drug-likeness (QED) is 0.241. The first-order valence-electron chi connectivity index (χ1n) is 13.5. The lowest BCUT2D eigenvalue weighted by Gasteiger charge is -2.43. The molecule has 2 aromatic carbocycles. The van der Waals surface area contributed by atoms with Crippen molar-refractivity contribution in [3.8, 4) is 17.2 Å². The van der Waals surface area contributed by atoms with Gasteiger partial charge >= 0.3 is 12.1 Å². The van der Waals surface area contributed by atoms with Crippen molar-refractivity contribution in [2.24, 2.45) is 0 Å². The van der Waals surface area contributed by atoms with Gasteiger partial charge in [-0.15, -0.1) is 0 Å². The van der Waals surface area contributed by atoms with Crippen molar-refractivity contribution in [2.75, 3.05) is 13.7 Å². The van der Waals surface area contributed by atoms with Crippen LogP contribution in [0.2, 0.25) is 0 Å². The molecule has 5 unspecified atom stereocenters. The second-order valence-corrected chi connectivity index (χ2v) is 11.0. The van der Waals surface area contributed by atoms with Gasteiger partial charge in [-0.25, -0.2) is 5.06 Å². The molecule has 0 saturated carbocycles. The van der Waals surface area contributed by atoms with E-state index in [9.17, 15) is 52.8 Å². The SMILES string of the molecule is COc1cccc2c1C(=O)c1c(O)c3c(c(O)c1C2=O)CC(O)(C(C)=O)CC3ON(C(=O)C(F)(F)F)C1CCOC(C)C1O. The van der Waals surface area contributed by atoms with Gasteiger partial charge in [0, 0.05) is 36.1 Å². The number of aliphatic hydroxyl groups excluding tert-OH is 1. The number of alkyl halides is 3. The number of phenols is 2. The minimum Gasteiger partial charge on any atom is -0.507 e. The van der Waals surface area contributed by atoms with Gasteiger partial charge in [-0.1, -0.05) is 12.1 Å². The lowest BCUT2D eigenvalue weighted by molar-refractivity contribution is -0.280. The van der Waals surface area contributed by atoms with Crippen molar-refractivity contribution in [3.63, 3.8) is 0 Å². The number of methoxy groups -OCH3 is 1. The summed E-state index contributed by atoms with van der Waals surface area (Å²) in [5.74, 6) is -7.25. The van der Waals surface area contributed by atoms with Crippen molar-refractivity contribution >= 4 is 23.3 Å². The van der Waals surface area contributed by atoms with Crippen molar-refractivity contribution in [2.45, 2.75) is 69.2 Å². The predicted molar refractivity (Wildman–Crippen MR) is 140 cm³/mol. The summed E-state index contributed by atoms with van der Waals surface area (Å²) in [7, 11) is 1.23. The molecule has 5 atom stereocenters. The third-order valence-corrected chi connectivity index (χ3v) is 8.39. The minimum atomic E-state index is -5.52. The number of halogens is 3. The van der Waals surface area contributed by atoms with Crippen LogP contribution in [0.4, 0.5) is 13.2 Å². The van der Waals surface area contributed by atoms with E-state index >= 15 is 0 Å². The number of Topliss-reactive ketones (excluding diaryl/α,β-unsaturated/α-hetero) is 1. The van der Waals surface area contributed by atoms with E-state index in [1.54, 1.807) is 0 Å². The molecule has 1 fully saturated rings. The molecule has 2 aromatic rings. The highest BCUT2D eigenvalue weighted by atomic mass is 19.4. The molecule has 44 heavy (non-hydrogen) atoms. The standard InChI is InChI=1S/C29H28F3NO11/c1-11-22(35)15(7-8-43-11)33(27(40)29(30,31)32)44-17-10-28(41,12(2)34)9-14-19(17)26(39)21-20(24(14)37)23(36)13-5-4-6-16(42-3)18(13)25(21)38/h4-6,11,15,17,22,35,37,39,41H,7-10H2,1-3H3. The first kappa shape index (κ1) is 31.4. The molecule has 236 valence electrons. The first-order chi connectivity index (χ1) is 20.5. The van der Waals surface area contributed by atoms with Gasteiger partial charge in [0.05, 0.1) is 35.9 Å². The number of hydroxylamine groups is 2. The number of hydrogen-bond donors (Lipinski definition) is 4. The van der Waals surface area contributed by atoms with E-state index in [-0.39, 0.29) is 35.0 Å². The molecule has 1 aliphatic heterocycles. The second kappa shape index (κ2) is 10.8. The topological polar surface area (TPSA) is 180 Å². The number of ether oxygens (including phenoxy) is 2. The molecule has 1 amide bonds. The summed E-state index contributed by atoms with van der Waals surface area (Å²) in [5.41, 5.74) is -5.18. The lowest BCUT2D eigenvalue weighted by atomic mass is 9.72. The summed E-state index contributed by atoms with van der Waals surface area (Å²) in [6.07, 6.45) is -12.0. The molecule has 1 saturated heterocycles. The molecule has 0 bridgehead atoms. The number of carbonyl (C=O) groups excluding carboxylic acids is 4. The summed E-state index contributed by atoms with van der Waals surface area (Å²) in [4.78, 5) is 58.1. The Bertz CT molecular complexity index is 1590. The molecule has 12 nitrogen and oxygen atoms in total. The molecule has 5 rings (SSSR count). The van der Waals surface area contributed by atoms with Crippen molar-refractivity contribution < 1.29 is 67.1 Å². The molecule has 15 heteroatoms. The zero-order valence-corrected chi connectivity index (χ0v) is 23.6. The van der Waals surface area contributed by atoms with Gasteiger partial charge in [0.15, 0.2) is 11.6 Å². The molecule has 2 aliphatic carbocycles. The summed E-state index contributed by atoms with van der Waals surface area (Å²) >= 11 is 0.